The first-order valence-electron chi connectivity index (χ1n) is 11.2. The molecule has 0 saturated carbocycles. The van der Waals surface area contributed by atoms with Gasteiger partial charge in [-0.1, -0.05) is 48.1 Å². The van der Waals surface area contributed by atoms with Crippen molar-refractivity contribution in [1.82, 2.24) is 9.37 Å². The molecule has 0 aliphatic heterocycles. The molecule has 0 amide bonds. The van der Waals surface area contributed by atoms with E-state index in [1.165, 1.54) is 19.2 Å². The molecule has 0 spiro atoms. The second kappa shape index (κ2) is 11.9. The Hall–Kier alpha value is -2.30. The van der Waals surface area contributed by atoms with E-state index in [0.717, 1.165) is 18.4 Å². The maximum atomic E-state index is 13.5. The monoisotopic (exact) mass is 490 g/mol. The Balaban J connectivity index is 2.52. The average Bonchev–Trinajstić information content (AvgIpc) is 2.81. The number of likely N-dealkylation sites (N-methyl/N-ethyl adjacent to an activating group) is 1. The lowest BCUT2D eigenvalue weighted by molar-refractivity contribution is -0.128. The molecule has 34 heavy (non-hydrogen) atoms. The molecule has 0 aliphatic rings. The number of methoxy groups -OCH3 is 1. The van der Waals surface area contributed by atoms with Crippen LogP contribution < -0.4 is 10.5 Å². The highest BCUT2D eigenvalue weighted by Gasteiger charge is 2.44. The highest BCUT2D eigenvalue weighted by Crippen LogP contribution is 2.35. The minimum absolute atomic E-state index is 0.118. The third-order valence-corrected chi connectivity index (χ3v) is 7.31. The quantitative estimate of drug-likeness (QED) is 0.327. The first kappa shape index (κ1) is 27.9. The fourth-order valence-corrected chi connectivity index (χ4v) is 5.10. The molecule has 187 valence electrons. The minimum atomic E-state index is -4.45. The van der Waals surface area contributed by atoms with Crippen LogP contribution in [-0.2, 0) is 26.9 Å². The van der Waals surface area contributed by atoms with Gasteiger partial charge in [0.2, 0.25) is 0 Å². The molecule has 0 fully saturated rings. The highest BCUT2D eigenvalue weighted by atomic mass is 32.2. The summed E-state index contributed by atoms with van der Waals surface area (Å²) in [6.45, 7) is 6.07. The number of benzene rings is 2. The number of carbonyl (C=O) groups excluding carboxylic acids is 1. The van der Waals surface area contributed by atoms with Gasteiger partial charge in [-0.15, -0.1) is 0 Å². The molecule has 0 aliphatic carbocycles. The summed E-state index contributed by atoms with van der Waals surface area (Å²) >= 11 is 0. The van der Waals surface area contributed by atoms with Crippen molar-refractivity contribution in [2.75, 3.05) is 27.7 Å². The van der Waals surface area contributed by atoms with Gasteiger partial charge in [-0.2, -0.15) is 0 Å². The molecule has 8 nitrogen and oxygen atoms in total. The van der Waals surface area contributed by atoms with E-state index in [9.17, 15) is 18.4 Å². The molecule has 0 saturated heterocycles. The molecule has 0 unspecified atom stereocenters. The summed E-state index contributed by atoms with van der Waals surface area (Å²) in [4.78, 5) is 14.2. The van der Waals surface area contributed by atoms with Crippen LogP contribution in [0.2, 0.25) is 0 Å². The van der Waals surface area contributed by atoms with E-state index in [1.54, 1.807) is 55.4 Å². The van der Waals surface area contributed by atoms with Crippen molar-refractivity contribution in [3.05, 3.63) is 66.6 Å². The van der Waals surface area contributed by atoms with E-state index in [1.807, 2.05) is 6.92 Å². The number of ether oxygens (including phenoxy) is 1. The first-order valence-corrected chi connectivity index (χ1v) is 12.7. The largest absolute Gasteiger partial charge is 0.496 e. The normalized spacial score (nSPS) is 14.7. The number of ketones is 1. The Morgan fingerprint density at radius 3 is 2.41 bits per heavy atom. The lowest BCUT2D eigenvalue weighted by Crippen LogP contribution is -2.55. The Labute approximate surface area is 203 Å². The Bertz CT molecular complexity index is 1060. The van der Waals surface area contributed by atoms with E-state index in [0.29, 0.717) is 17.7 Å². The zero-order valence-electron chi connectivity index (χ0n) is 20.4. The number of nitrogens with two attached hydrogens (primary N) is 1. The predicted molar refractivity (Wildman–Crippen MR) is 132 cm³/mol. The second-order valence-electron chi connectivity index (χ2n) is 8.72. The van der Waals surface area contributed by atoms with Gasteiger partial charge < -0.3 is 15.4 Å². The maximum absolute atomic E-state index is 13.5. The Morgan fingerprint density at radius 2 is 1.85 bits per heavy atom. The summed E-state index contributed by atoms with van der Waals surface area (Å²) in [6.07, 6.45) is 2.20. The van der Waals surface area contributed by atoms with Gasteiger partial charge in [-0.3, -0.25) is 10.0 Å². The number of rotatable bonds is 13. The molecule has 0 bridgehead atoms. The molecule has 1 radical (unpaired) electrons. The summed E-state index contributed by atoms with van der Waals surface area (Å²) in [7, 11) is 0.572. The van der Waals surface area contributed by atoms with Gasteiger partial charge in [0.1, 0.15) is 17.2 Å². The van der Waals surface area contributed by atoms with Gasteiger partial charge in [-0.05, 0) is 69.6 Å². The smallest absolute Gasteiger partial charge is 0.266 e. The Kier molecular flexibility index (Phi) is 9.78. The van der Waals surface area contributed by atoms with Crippen LogP contribution in [0.1, 0.15) is 37.3 Å². The number of hydrogen-bond donors (Lipinski definition) is 2. The van der Waals surface area contributed by atoms with Gasteiger partial charge in [0.05, 0.1) is 18.6 Å². The summed E-state index contributed by atoms with van der Waals surface area (Å²) in [6, 6.07) is 12.8. The van der Waals surface area contributed by atoms with Crippen LogP contribution in [0, 0.1) is 12.8 Å². The van der Waals surface area contributed by atoms with Gasteiger partial charge in [0.15, 0.2) is 0 Å². The van der Waals surface area contributed by atoms with E-state index in [-0.39, 0.29) is 28.1 Å². The third-order valence-electron chi connectivity index (χ3n) is 5.68. The number of carbonyl (C=O) groups is 1. The van der Waals surface area contributed by atoms with Crippen LogP contribution in [0.15, 0.2) is 53.4 Å². The SMILES string of the molecule is [CH2][C@H](C[C@@](N)(c1ccccc1)N(O)S(=O)(=O)c1ccc(OC)c(CCCC)c1)C(=O)CN(C)C. The van der Waals surface area contributed by atoms with E-state index in [4.69, 9.17) is 10.5 Å². The second-order valence-corrected chi connectivity index (χ2v) is 10.5. The van der Waals surface area contributed by atoms with E-state index in [2.05, 4.69) is 6.92 Å². The summed E-state index contributed by atoms with van der Waals surface area (Å²) in [5, 5.41) is 11.1. The van der Waals surface area contributed by atoms with Crippen molar-refractivity contribution >= 4 is 15.8 Å². The molecular formula is C25H36N3O5S. The molecule has 9 heteroatoms. The van der Waals surface area contributed by atoms with E-state index < -0.39 is 21.6 Å². The zero-order chi connectivity index (χ0) is 25.5. The van der Waals surface area contributed by atoms with Crippen molar-refractivity contribution in [3.8, 4) is 5.75 Å². The van der Waals surface area contributed by atoms with Crippen molar-refractivity contribution in [2.45, 2.75) is 43.2 Å². The lowest BCUT2D eigenvalue weighted by Gasteiger charge is -2.37. The zero-order valence-corrected chi connectivity index (χ0v) is 21.2. The molecule has 2 atom stereocenters. The molecule has 2 rings (SSSR count). The molecule has 3 N–H and O–H groups in total. The molecule has 2 aromatic carbocycles. The van der Waals surface area contributed by atoms with Crippen molar-refractivity contribution in [2.24, 2.45) is 11.7 Å². The van der Waals surface area contributed by atoms with Crippen LogP contribution in [0.5, 0.6) is 5.75 Å². The fourth-order valence-electron chi connectivity index (χ4n) is 3.76. The van der Waals surface area contributed by atoms with Crippen LogP contribution in [0.4, 0.5) is 0 Å². The maximum Gasteiger partial charge on any atom is 0.266 e. The van der Waals surface area contributed by atoms with Gasteiger partial charge >= 0.3 is 0 Å². The third kappa shape index (κ3) is 6.43. The van der Waals surface area contributed by atoms with Crippen molar-refractivity contribution in [3.63, 3.8) is 0 Å². The van der Waals surface area contributed by atoms with E-state index >= 15 is 0 Å². The molecular weight excluding hydrogens is 454 g/mol. The minimum Gasteiger partial charge on any atom is -0.496 e. The van der Waals surface area contributed by atoms with Crippen LogP contribution in [0.3, 0.4) is 0 Å². The number of nitrogens with zero attached hydrogens (tertiary/aromatic N) is 2. The Morgan fingerprint density at radius 1 is 1.21 bits per heavy atom. The van der Waals surface area contributed by atoms with Crippen molar-refractivity contribution in [1.29, 1.82) is 0 Å². The predicted octanol–water partition coefficient (Wildman–Crippen LogP) is 3.20. The summed E-state index contributed by atoms with van der Waals surface area (Å²) in [5.41, 5.74) is 5.74. The molecule has 2 aromatic rings. The summed E-state index contributed by atoms with van der Waals surface area (Å²) in [5.74, 6) is -0.493. The van der Waals surface area contributed by atoms with Crippen LogP contribution >= 0.6 is 0 Å². The number of aryl methyl sites for hydroxylation is 1. The van der Waals surface area contributed by atoms with Gasteiger partial charge in [-0.25, -0.2) is 8.42 Å². The average molecular weight is 491 g/mol. The van der Waals surface area contributed by atoms with Crippen LogP contribution in [0.25, 0.3) is 0 Å². The topological polar surface area (TPSA) is 113 Å². The first-order chi connectivity index (χ1) is 16.0. The fraction of sp³-hybridized carbons (Fsp3) is 0.440. The number of sulfonamides is 1. The number of Topliss-reactive ketones (excluding diaryl/α,β-unsaturated/α-hetero) is 1. The van der Waals surface area contributed by atoms with Gasteiger partial charge in [0.25, 0.3) is 10.0 Å². The van der Waals surface area contributed by atoms with Gasteiger partial charge in [0, 0.05) is 5.92 Å². The molecule has 0 heterocycles. The van der Waals surface area contributed by atoms with Crippen molar-refractivity contribution < 1.29 is 23.2 Å². The number of hydrogen-bond acceptors (Lipinski definition) is 7. The number of hydroxylamine groups is 1. The number of unbranched alkanes of at least 4 members (excludes halogenated alkanes) is 1. The van der Waals surface area contributed by atoms with Crippen LogP contribution in [-0.4, -0.2) is 56.5 Å². The summed E-state index contributed by atoms with van der Waals surface area (Å²) < 4.78 is 32.6. The highest BCUT2D eigenvalue weighted by molar-refractivity contribution is 7.89. The molecule has 0 aromatic heterocycles. The standard InChI is InChI=1S/C25H36N3O5S/c1-6-7-11-20-16-22(14-15-24(20)33-5)34(31,32)28(30)25(26,21-12-9-8-10-13-21)17-19(2)23(29)18-27(3)4/h8-10,12-16,19,30H,2,6-7,11,17-18,26H2,1,3-5H3/t19-,25+/m1/s1. The lowest BCUT2D eigenvalue weighted by atomic mass is 9.88.